The number of nitrogens with zero attached hydrogens (tertiary/aromatic N) is 3. The van der Waals surface area contributed by atoms with Gasteiger partial charge in [0.05, 0.1) is 19.0 Å². The van der Waals surface area contributed by atoms with E-state index in [1.54, 1.807) is 11.3 Å². The van der Waals surface area contributed by atoms with Gasteiger partial charge in [-0.15, -0.1) is 11.3 Å². The molecular weight excluding hydrogens is 502 g/mol. The predicted molar refractivity (Wildman–Crippen MR) is 124 cm³/mol. The maximum atomic E-state index is 12.8. The largest absolute Gasteiger partial charge is 0.339 e. The van der Waals surface area contributed by atoms with Crippen molar-refractivity contribution in [3.8, 4) is 0 Å². The summed E-state index contributed by atoms with van der Waals surface area (Å²) in [4.78, 5) is 19.5. The lowest BCUT2D eigenvalue weighted by Gasteiger charge is -2.18. The number of hydrogen-bond acceptors (Lipinski definition) is 3. The van der Waals surface area contributed by atoms with Crippen molar-refractivity contribution in [2.24, 2.45) is 0 Å². The highest BCUT2D eigenvalue weighted by molar-refractivity contribution is 9.12. The van der Waals surface area contributed by atoms with Gasteiger partial charge in [-0.25, -0.2) is 4.98 Å². The highest BCUT2D eigenvalue weighted by Gasteiger charge is 2.25. The maximum absolute atomic E-state index is 12.8. The molecule has 0 spiro atoms. The second-order valence-corrected chi connectivity index (χ2v) is 11.6. The van der Waals surface area contributed by atoms with E-state index in [9.17, 15) is 4.79 Å². The molecule has 0 saturated heterocycles. The van der Waals surface area contributed by atoms with Crippen molar-refractivity contribution < 1.29 is 4.79 Å². The van der Waals surface area contributed by atoms with E-state index in [2.05, 4.69) is 63.1 Å². The fourth-order valence-corrected chi connectivity index (χ4v) is 6.19. The summed E-state index contributed by atoms with van der Waals surface area (Å²) < 4.78 is 4.35. The van der Waals surface area contributed by atoms with Crippen LogP contribution < -0.4 is 0 Å². The first-order valence-electron chi connectivity index (χ1n) is 9.40. The zero-order chi connectivity index (χ0) is 20.6. The van der Waals surface area contributed by atoms with Gasteiger partial charge in [-0.3, -0.25) is 4.79 Å². The Morgan fingerprint density at radius 3 is 2.43 bits per heavy atom. The number of carbonyl (C=O) groups excluding carboxylic acids is 1. The third-order valence-electron chi connectivity index (χ3n) is 4.82. The number of fused-ring (bicyclic) bond motifs is 1. The summed E-state index contributed by atoms with van der Waals surface area (Å²) in [6, 6.07) is 5.97. The smallest absolute Gasteiger partial charge is 0.254 e. The number of imidazole rings is 1. The molecule has 3 aromatic heterocycles. The Kier molecular flexibility index (Phi) is 6.37. The Balaban J connectivity index is 2.11. The van der Waals surface area contributed by atoms with Crippen molar-refractivity contribution in [1.82, 2.24) is 14.3 Å². The van der Waals surface area contributed by atoms with Gasteiger partial charge in [-0.1, -0.05) is 20.8 Å². The minimum atomic E-state index is -0.0931. The summed E-state index contributed by atoms with van der Waals surface area (Å²) in [6.07, 6.45) is 2.76. The van der Waals surface area contributed by atoms with Gasteiger partial charge in [0, 0.05) is 36.7 Å². The second kappa shape index (κ2) is 8.28. The topological polar surface area (TPSA) is 37.6 Å². The fourth-order valence-electron chi connectivity index (χ4n) is 3.37. The first-order valence-corrected chi connectivity index (χ1v) is 11.8. The van der Waals surface area contributed by atoms with Crippen molar-refractivity contribution >= 4 is 54.8 Å². The highest BCUT2D eigenvalue weighted by atomic mass is 79.9. The Labute approximate surface area is 187 Å². The molecule has 0 N–H and O–H groups in total. The van der Waals surface area contributed by atoms with Crippen molar-refractivity contribution in [3.63, 3.8) is 0 Å². The molecule has 28 heavy (non-hydrogen) atoms. The van der Waals surface area contributed by atoms with Gasteiger partial charge in [0.25, 0.3) is 5.91 Å². The van der Waals surface area contributed by atoms with Crippen molar-refractivity contribution in [1.29, 1.82) is 0 Å². The lowest BCUT2D eigenvalue weighted by atomic mass is 9.89. The van der Waals surface area contributed by atoms with E-state index < -0.39 is 0 Å². The normalized spacial score (nSPS) is 12.0. The van der Waals surface area contributed by atoms with E-state index in [-0.39, 0.29) is 11.3 Å². The van der Waals surface area contributed by atoms with E-state index in [0.29, 0.717) is 18.7 Å². The van der Waals surface area contributed by atoms with Gasteiger partial charge in [0.2, 0.25) is 0 Å². The van der Waals surface area contributed by atoms with Crippen LogP contribution in [0.5, 0.6) is 0 Å². The second-order valence-electron chi connectivity index (χ2n) is 7.80. The molecule has 0 bridgehead atoms. The molecular formula is C21H25Br2N3OS. The number of amides is 1. The van der Waals surface area contributed by atoms with E-state index in [1.165, 1.54) is 5.56 Å². The van der Waals surface area contributed by atoms with Gasteiger partial charge < -0.3 is 9.30 Å². The highest BCUT2D eigenvalue weighted by Crippen LogP contribution is 2.35. The van der Waals surface area contributed by atoms with Crippen LogP contribution in [0.25, 0.3) is 5.65 Å². The molecule has 150 valence electrons. The van der Waals surface area contributed by atoms with Crippen molar-refractivity contribution in [3.05, 3.63) is 54.5 Å². The molecule has 7 heteroatoms. The minimum Gasteiger partial charge on any atom is -0.339 e. The Morgan fingerprint density at radius 1 is 1.21 bits per heavy atom. The third-order valence-corrected chi connectivity index (χ3v) is 7.28. The van der Waals surface area contributed by atoms with Gasteiger partial charge in [0.1, 0.15) is 5.65 Å². The average molecular weight is 527 g/mol. The fraction of sp³-hybridized carbons (Fsp3) is 0.429. The molecule has 3 aromatic rings. The summed E-state index contributed by atoms with van der Waals surface area (Å²) in [5, 5.41) is 0. The molecule has 3 rings (SSSR count). The molecule has 0 aliphatic rings. The maximum Gasteiger partial charge on any atom is 0.254 e. The summed E-state index contributed by atoms with van der Waals surface area (Å²) in [5.41, 5.74) is 4.87. The van der Waals surface area contributed by atoms with Crippen molar-refractivity contribution in [2.75, 3.05) is 13.1 Å². The molecule has 0 radical (unpaired) electrons. The number of thiophene rings is 1. The molecule has 0 aromatic carbocycles. The molecule has 0 atom stereocenters. The minimum absolute atomic E-state index is 0.0545. The zero-order valence-electron chi connectivity index (χ0n) is 16.8. The van der Waals surface area contributed by atoms with Crippen LogP contribution in [0.2, 0.25) is 0 Å². The lowest BCUT2D eigenvalue weighted by Crippen LogP contribution is -2.30. The quantitative estimate of drug-likeness (QED) is 0.391. The van der Waals surface area contributed by atoms with Gasteiger partial charge in [0.15, 0.2) is 0 Å². The third kappa shape index (κ3) is 4.21. The number of carbonyl (C=O) groups is 1. The number of aromatic nitrogens is 2. The summed E-state index contributed by atoms with van der Waals surface area (Å²) in [6.45, 7) is 11.9. The Hall–Kier alpha value is -1.18. The summed E-state index contributed by atoms with van der Waals surface area (Å²) in [7, 11) is 0. The van der Waals surface area contributed by atoms with E-state index in [1.807, 2.05) is 37.1 Å². The number of pyridine rings is 1. The summed E-state index contributed by atoms with van der Waals surface area (Å²) in [5.74, 6) is 0.0545. The van der Waals surface area contributed by atoms with Gasteiger partial charge in [-0.2, -0.15) is 0 Å². The molecule has 4 nitrogen and oxygen atoms in total. The number of rotatable bonds is 5. The van der Waals surface area contributed by atoms with Gasteiger partial charge >= 0.3 is 0 Å². The molecule has 3 heterocycles. The molecule has 0 aliphatic heterocycles. The van der Waals surface area contributed by atoms with E-state index in [4.69, 9.17) is 4.98 Å². The van der Waals surface area contributed by atoms with Crippen LogP contribution in [-0.4, -0.2) is 33.3 Å². The predicted octanol–water partition coefficient (Wildman–Crippen LogP) is 6.29. The Bertz CT molecular complexity index is 1010. The number of halogens is 2. The Morgan fingerprint density at radius 2 is 1.89 bits per heavy atom. The lowest BCUT2D eigenvalue weighted by molar-refractivity contribution is 0.0773. The molecule has 0 unspecified atom stereocenters. The number of hydrogen-bond donors (Lipinski definition) is 0. The monoisotopic (exact) mass is 525 g/mol. The van der Waals surface area contributed by atoms with Gasteiger partial charge in [-0.05, 0) is 69.5 Å². The standard InChI is InChI=1S/C21H25Br2N3OS/c1-6-25(7-2)20(27)13-8-9-26-15(10-14-11-16(22)28-19(14)23)18(21(3,4)5)24-17(26)12-13/h8-9,11-12H,6-7,10H2,1-5H3. The zero-order valence-corrected chi connectivity index (χ0v) is 20.8. The van der Waals surface area contributed by atoms with Crippen LogP contribution in [0.4, 0.5) is 0 Å². The molecule has 1 amide bonds. The van der Waals surface area contributed by atoms with Crippen LogP contribution in [0.1, 0.15) is 61.9 Å². The SMILES string of the molecule is CCN(CC)C(=O)c1ccn2c(Cc3cc(Br)sc3Br)c(C(C)(C)C)nc2c1. The van der Waals surface area contributed by atoms with Crippen LogP contribution in [-0.2, 0) is 11.8 Å². The molecule has 0 aliphatic carbocycles. The van der Waals surface area contributed by atoms with E-state index >= 15 is 0 Å². The van der Waals surface area contributed by atoms with Crippen LogP contribution in [0.15, 0.2) is 32.0 Å². The van der Waals surface area contributed by atoms with Crippen LogP contribution >= 0.6 is 43.2 Å². The van der Waals surface area contributed by atoms with Crippen LogP contribution in [0, 0.1) is 0 Å². The first kappa shape index (κ1) is 21.5. The molecule has 0 fully saturated rings. The summed E-state index contributed by atoms with van der Waals surface area (Å²) >= 11 is 8.92. The van der Waals surface area contributed by atoms with Crippen molar-refractivity contribution in [2.45, 2.75) is 46.5 Å². The molecule has 0 saturated carbocycles. The average Bonchev–Trinajstić information content (AvgIpc) is 3.15. The van der Waals surface area contributed by atoms with E-state index in [0.717, 1.165) is 31.0 Å². The first-order chi connectivity index (χ1) is 13.2. The van der Waals surface area contributed by atoms with Crippen LogP contribution in [0.3, 0.4) is 0 Å².